The van der Waals surface area contributed by atoms with Crippen LogP contribution >= 0.6 is 0 Å². The second kappa shape index (κ2) is 9.13. The van der Waals surface area contributed by atoms with Crippen LogP contribution in [0.15, 0.2) is 42.2 Å². The van der Waals surface area contributed by atoms with Gasteiger partial charge in [-0.3, -0.25) is 4.79 Å². The molecule has 0 heterocycles. The van der Waals surface area contributed by atoms with E-state index in [1.165, 1.54) is 6.42 Å². The fourth-order valence-electron chi connectivity index (χ4n) is 1.84. The molecule has 1 rings (SSSR count). The third-order valence-electron chi connectivity index (χ3n) is 2.99. The van der Waals surface area contributed by atoms with Gasteiger partial charge in [-0.15, -0.1) is 0 Å². The van der Waals surface area contributed by atoms with Crippen LogP contribution in [0.2, 0.25) is 0 Å². The molecule has 0 aromatic heterocycles. The topological polar surface area (TPSA) is 26.3 Å². The molecule has 1 aromatic rings. The van der Waals surface area contributed by atoms with Crippen molar-refractivity contribution in [3.05, 3.63) is 53.3 Å². The Balaban J connectivity index is 2.66. The zero-order valence-electron chi connectivity index (χ0n) is 12.7. The molecule has 0 saturated carbocycles. The number of rotatable bonds is 8. The van der Waals surface area contributed by atoms with Crippen LogP contribution in [0.25, 0.3) is 6.08 Å². The van der Waals surface area contributed by atoms with Gasteiger partial charge < -0.3 is 4.74 Å². The van der Waals surface area contributed by atoms with Crippen molar-refractivity contribution in [3.63, 3.8) is 0 Å². The maximum absolute atomic E-state index is 11.2. The smallest absolute Gasteiger partial charge is 0.159 e. The molecule has 20 heavy (non-hydrogen) atoms. The van der Waals surface area contributed by atoms with E-state index in [1.807, 2.05) is 49.4 Å². The lowest BCUT2D eigenvalue weighted by atomic mass is 10.1. The quantitative estimate of drug-likeness (QED) is 0.377. The Hall–Kier alpha value is -1.83. The summed E-state index contributed by atoms with van der Waals surface area (Å²) < 4.78 is 5.60. The lowest BCUT2D eigenvalue weighted by Crippen LogP contribution is -1.91. The second-order valence-electron chi connectivity index (χ2n) is 4.71. The first-order valence-corrected chi connectivity index (χ1v) is 7.28. The van der Waals surface area contributed by atoms with Gasteiger partial charge in [-0.05, 0) is 31.9 Å². The minimum Gasteiger partial charge on any atom is -0.498 e. The van der Waals surface area contributed by atoms with Gasteiger partial charge in [0, 0.05) is 12.0 Å². The van der Waals surface area contributed by atoms with E-state index in [9.17, 15) is 4.79 Å². The Bertz CT molecular complexity index is 467. The molecule has 1 aromatic carbocycles. The highest BCUT2D eigenvalue weighted by Crippen LogP contribution is 2.11. The molecule has 0 amide bonds. The van der Waals surface area contributed by atoms with Crippen molar-refractivity contribution < 1.29 is 9.53 Å². The number of carbonyl (C=O) groups is 1. The molecule has 0 atom stereocenters. The van der Waals surface area contributed by atoms with Crippen LogP contribution in [0, 0.1) is 0 Å². The highest BCUT2D eigenvalue weighted by atomic mass is 16.5. The van der Waals surface area contributed by atoms with Crippen LogP contribution in [0.3, 0.4) is 0 Å². The van der Waals surface area contributed by atoms with Crippen molar-refractivity contribution in [3.8, 4) is 0 Å². The van der Waals surface area contributed by atoms with Gasteiger partial charge in [-0.1, -0.05) is 49.8 Å². The summed E-state index contributed by atoms with van der Waals surface area (Å²) in [7, 11) is 0. The standard InChI is InChI=1S/C18H24O2/c1-4-6-9-18(20-5-2)10-7-8-16-11-13-17(14-12-16)15(3)19/h7-8,10-14H,4-6,9H2,1-3H3/b8-7+,18-10+. The van der Waals surface area contributed by atoms with E-state index in [4.69, 9.17) is 4.74 Å². The fourth-order valence-corrected chi connectivity index (χ4v) is 1.84. The average Bonchev–Trinajstić information content (AvgIpc) is 2.45. The van der Waals surface area contributed by atoms with Crippen LogP contribution < -0.4 is 0 Å². The molecule has 108 valence electrons. The Kier molecular flexibility index (Phi) is 7.41. The summed E-state index contributed by atoms with van der Waals surface area (Å²) in [6.07, 6.45) is 9.35. The van der Waals surface area contributed by atoms with Crippen molar-refractivity contribution in [2.24, 2.45) is 0 Å². The lowest BCUT2D eigenvalue weighted by molar-refractivity contribution is 0.101. The molecule has 0 aliphatic rings. The summed E-state index contributed by atoms with van der Waals surface area (Å²) in [5.74, 6) is 1.13. The van der Waals surface area contributed by atoms with E-state index in [0.717, 1.165) is 29.7 Å². The molecule has 0 unspecified atom stereocenters. The Morgan fingerprint density at radius 3 is 2.45 bits per heavy atom. The van der Waals surface area contributed by atoms with E-state index in [2.05, 4.69) is 6.92 Å². The molecule has 0 saturated heterocycles. The third kappa shape index (κ3) is 5.87. The third-order valence-corrected chi connectivity index (χ3v) is 2.99. The SMILES string of the molecule is CCCC/C(=C\C=C\c1ccc(C(C)=O)cc1)OCC. The molecule has 0 fully saturated rings. The number of ketones is 1. The molecule has 2 heteroatoms. The van der Waals surface area contributed by atoms with Gasteiger partial charge in [-0.25, -0.2) is 0 Å². The van der Waals surface area contributed by atoms with Crippen molar-refractivity contribution in [1.82, 2.24) is 0 Å². The van der Waals surface area contributed by atoms with Crippen molar-refractivity contribution in [1.29, 1.82) is 0 Å². The summed E-state index contributed by atoms with van der Waals surface area (Å²) in [6, 6.07) is 7.61. The average molecular weight is 272 g/mol. The minimum atomic E-state index is 0.0959. The van der Waals surface area contributed by atoms with Crippen molar-refractivity contribution in [2.75, 3.05) is 6.61 Å². The number of hydrogen-bond acceptors (Lipinski definition) is 2. The van der Waals surface area contributed by atoms with E-state index >= 15 is 0 Å². The zero-order valence-corrected chi connectivity index (χ0v) is 12.7. The molecule has 0 aliphatic heterocycles. The Morgan fingerprint density at radius 1 is 1.20 bits per heavy atom. The summed E-state index contributed by atoms with van der Waals surface area (Å²) in [6.45, 7) is 6.46. The van der Waals surface area contributed by atoms with Gasteiger partial charge in [0.2, 0.25) is 0 Å². The molecule has 0 aliphatic carbocycles. The number of benzene rings is 1. The zero-order chi connectivity index (χ0) is 14.8. The van der Waals surface area contributed by atoms with Gasteiger partial charge in [0.1, 0.15) is 0 Å². The maximum atomic E-state index is 11.2. The molecular weight excluding hydrogens is 248 g/mol. The highest BCUT2D eigenvalue weighted by molar-refractivity contribution is 5.94. The number of Topliss-reactive ketones (excluding diaryl/α,β-unsaturated/α-hetero) is 1. The van der Waals surface area contributed by atoms with E-state index in [0.29, 0.717) is 6.61 Å². The molecule has 0 radical (unpaired) electrons. The predicted octanol–water partition coefficient (Wildman–Crippen LogP) is 5.01. The van der Waals surface area contributed by atoms with Gasteiger partial charge in [0.25, 0.3) is 0 Å². The van der Waals surface area contributed by atoms with E-state index < -0.39 is 0 Å². The van der Waals surface area contributed by atoms with Crippen LogP contribution in [-0.4, -0.2) is 12.4 Å². The Labute approximate surface area is 122 Å². The summed E-state index contributed by atoms with van der Waals surface area (Å²) >= 11 is 0. The maximum Gasteiger partial charge on any atom is 0.159 e. The predicted molar refractivity (Wildman–Crippen MR) is 84.7 cm³/mol. The number of unbranched alkanes of at least 4 members (excludes halogenated alkanes) is 1. The van der Waals surface area contributed by atoms with E-state index in [1.54, 1.807) is 6.92 Å². The second-order valence-corrected chi connectivity index (χ2v) is 4.71. The normalized spacial score (nSPS) is 11.8. The van der Waals surface area contributed by atoms with Crippen LogP contribution in [0.5, 0.6) is 0 Å². The van der Waals surface area contributed by atoms with Crippen LogP contribution in [-0.2, 0) is 4.74 Å². The largest absolute Gasteiger partial charge is 0.498 e. The number of hydrogen-bond donors (Lipinski definition) is 0. The van der Waals surface area contributed by atoms with Crippen LogP contribution in [0.1, 0.15) is 56.0 Å². The molecule has 0 bridgehead atoms. The summed E-state index contributed by atoms with van der Waals surface area (Å²) in [5, 5.41) is 0. The highest BCUT2D eigenvalue weighted by Gasteiger charge is 1.97. The first kappa shape index (κ1) is 16.2. The first-order chi connectivity index (χ1) is 9.67. The molecule has 0 N–H and O–H groups in total. The van der Waals surface area contributed by atoms with Gasteiger partial charge in [0.05, 0.1) is 12.4 Å². The summed E-state index contributed by atoms with van der Waals surface area (Å²) in [4.78, 5) is 11.2. The van der Waals surface area contributed by atoms with Gasteiger partial charge in [0.15, 0.2) is 5.78 Å². The lowest BCUT2D eigenvalue weighted by Gasteiger charge is -2.06. The fraction of sp³-hybridized carbons (Fsp3) is 0.389. The molecular formula is C18H24O2. The van der Waals surface area contributed by atoms with Crippen molar-refractivity contribution in [2.45, 2.75) is 40.0 Å². The Morgan fingerprint density at radius 2 is 1.90 bits per heavy atom. The van der Waals surface area contributed by atoms with Gasteiger partial charge in [-0.2, -0.15) is 0 Å². The molecule has 0 spiro atoms. The van der Waals surface area contributed by atoms with E-state index in [-0.39, 0.29) is 5.78 Å². The van der Waals surface area contributed by atoms with Crippen molar-refractivity contribution >= 4 is 11.9 Å². The van der Waals surface area contributed by atoms with Crippen LogP contribution in [0.4, 0.5) is 0 Å². The number of carbonyl (C=O) groups excluding carboxylic acids is 1. The first-order valence-electron chi connectivity index (χ1n) is 7.28. The number of ether oxygens (including phenoxy) is 1. The monoisotopic (exact) mass is 272 g/mol. The minimum absolute atomic E-state index is 0.0959. The summed E-state index contributed by atoms with van der Waals surface area (Å²) in [5.41, 5.74) is 1.83. The number of allylic oxidation sites excluding steroid dienone is 3. The molecule has 2 nitrogen and oxygen atoms in total. The van der Waals surface area contributed by atoms with Gasteiger partial charge >= 0.3 is 0 Å².